The van der Waals surface area contributed by atoms with Crippen molar-refractivity contribution in [1.29, 1.82) is 0 Å². The van der Waals surface area contributed by atoms with Crippen molar-refractivity contribution in [2.45, 2.75) is 31.6 Å². The zero-order valence-electron chi connectivity index (χ0n) is 14.0. The number of amides is 2. The molecule has 0 atom stereocenters. The monoisotopic (exact) mass is 320 g/mol. The molecule has 0 radical (unpaired) electrons. The topological polar surface area (TPSA) is 61.8 Å². The molecule has 0 aromatic heterocycles. The second-order valence-corrected chi connectivity index (χ2v) is 6.13. The molecule has 1 aliphatic heterocycles. The number of hydrogen-bond acceptors (Lipinski definition) is 3. The van der Waals surface area contributed by atoms with Gasteiger partial charge in [0, 0.05) is 38.3 Å². The summed E-state index contributed by atoms with van der Waals surface area (Å²) in [6.07, 6.45) is 2.70. The van der Waals surface area contributed by atoms with E-state index in [4.69, 9.17) is 9.84 Å². The zero-order valence-corrected chi connectivity index (χ0v) is 14.0. The molecule has 0 bridgehead atoms. The van der Waals surface area contributed by atoms with Gasteiger partial charge >= 0.3 is 6.03 Å². The van der Waals surface area contributed by atoms with Gasteiger partial charge in [-0.05, 0) is 24.8 Å². The number of aliphatic hydroxyl groups is 1. The Bertz CT molecular complexity index is 466. The first-order chi connectivity index (χ1) is 11.2. The number of nitrogens with one attached hydrogen (secondary N) is 1. The van der Waals surface area contributed by atoms with Crippen LogP contribution in [0.3, 0.4) is 0 Å². The molecule has 1 saturated heterocycles. The maximum atomic E-state index is 12.4. The van der Waals surface area contributed by atoms with Crippen LogP contribution in [0.2, 0.25) is 0 Å². The van der Waals surface area contributed by atoms with E-state index >= 15 is 0 Å². The SMILES string of the molecule is CCCN(CCO)C(=O)NCC1(c2ccccc2)CCOCC1. The van der Waals surface area contributed by atoms with E-state index in [1.165, 1.54) is 5.56 Å². The highest BCUT2D eigenvalue weighted by molar-refractivity contribution is 5.74. The van der Waals surface area contributed by atoms with Gasteiger partial charge in [-0.1, -0.05) is 37.3 Å². The average molecular weight is 320 g/mol. The van der Waals surface area contributed by atoms with Gasteiger partial charge in [0.25, 0.3) is 0 Å². The lowest BCUT2D eigenvalue weighted by molar-refractivity contribution is 0.0500. The van der Waals surface area contributed by atoms with Crippen molar-refractivity contribution >= 4 is 6.03 Å². The van der Waals surface area contributed by atoms with Gasteiger partial charge in [0.2, 0.25) is 0 Å². The summed E-state index contributed by atoms with van der Waals surface area (Å²) >= 11 is 0. The number of nitrogens with zero attached hydrogens (tertiary/aromatic N) is 1. The molecule has 5 heteroatoms. The van der Waals surface area contributed by atoms with Gasteiger partial charge in [0.15, 0.2) is 0 Å². The van der Waals surface area contributed by atoms with Gasteiger partial charge < -0.3 is 20.1 Å². The van der Waals surface area contributed by atoms with Crippen LogP contribution in [0.5, 0.6) is 0 Å². The number of urea groups is 1. The molecule has 1 aliphatic rings. The molecule has 0 spiro atoms. The first kappa shape index (κ1) is 17.8. The maximum absolute atomic E-state index is 12.4. The van der Waals surface area contributed by atoms with Crippen molar-refractivity contribution in [2.24, 2.45) is 0 Å². The Morgan fingerprint density at radius 3 is 2.57 bits per heavy atom. The largest absolute Gasteiger partial charge is 0.395 e. The summed E-state index contributed by atoms with van der Waals surface area (Å²) in [7, 11) is 0. The van der Waals surface area contributed by atoms with Gasteiger partial charge in [-0.3, -0.25) is 0 Å². The molecule has 1 aromatic carbocycles. The van der Waals surface area contributed by atoms with E-state index < -0.39 is 0 Å². The minimum Gasteiger partial charge on any atom is -0.395 e. The highest BCUT2D eigenvalue weighted by Gasteiger charge is 2.35. The second-order valence-electron chi connectivity index (χ2n) is 6.13. The first-order valence-corrected chi connectivity index (χ1v) is 8.49. The maximum Gasteiger partial charge on any atom is 0.317 e. The van der Waals surface area contributed by atoms with Gasteiger partial charge in [-0.2, -0.15) is 0 Å². The van der Waals surface area contributed by atoms with Crippen LogP contribution in [-0.2, 0) is 10.2 Å². The fraction of sp³-hybridized carbons (Fsp3) is 0.611. The van der Waals surface area contributed by atoms with Crippen LogP contribution in [-0.4, -0.2) is 55.5 Å². The molecule has 2 rings (SSSR count). The molecule has 128 valence electrons. The number of aliphatic hydroxyl groups excluding tert-OH is 1. The number of rotatable bonds is 7. The Hall–Kier alpha value is -1.59. The summed E-state index contributed by atoms with van der Waals surface area (Å²) in [4.78, 5) is 14.1. The summed E-state index contributed by atoms with van der Waals surface area (Å²) in [6, 6.07) is 10.3. The molecular formula is C18H28N2O3. The third-order valence-corrected chi connectivity index (χ3v) is 4.56. The lowest BCUT2D eigenvalue weighted by Crippen LogP contribution is -2.49. The highest BCUT2D eigenvalue weighted by Crippen LogP contribution is 2.34. The first-order valence-electron chi connectivity index (χ1n) is 8.49. The molecule has 1 heterocycles. The molecule has 0 unspecified atom stereocenters. The molecule has 0 saturated carbocycles. The van der Waals surface area contributed by atoms with Crippen LogP contribution in [0.15, 0.2) is 30.3 Å². The van der Waals surface area contributed by atoms with E-state index in [-0.39, 0.29) is 18.1 Å². The van der Waals surface area contributed by atoms with Crippen molar-refractivity contribution in [3.8, 4) is 0 Å². The lowest BCUT2D eigenvalue weighted by Gasteiger charge is -2.38. The molecule has 5 nitrogen and oxygen atoms in total. The highest BCUT2D eigenvalue weighted by atomic mass is 16.5. The Labute approximate surface area is 138 Å². The summed E-state index contributed by atoms with van der Waals surface area (Å²) in [5.41, 5.74) is 1.19. The van der Waals surface area contributed by atoms with Crippen molar-refractivity contribution in [3.05, 3.63) is 35.9 Å². The van der Waals surface area contributed by atoms with Crippen molar-refractivity contribution < 1.29 is 14.6 Å². The predicted octanol–water partition coefficient (Wildman–Crippen LogP) is 2.15. The minimum absolute atomic E-state index is 0.00884. The van der Waals surface area contributed by atoms with E-state index in [1.807, 2.05) is 25.1 Å². The molecule has 1 fully saturated rings. The van der Waals surface area contributed by atoms with E-state index in [9.17, 15) is 4.79 Å². The second kappa shape index (κ2) is 8.89. The third kappa shape index (κ3) is 4.69. The fourth-order valence-corrected chi connectivity index (χ4v) is 3.18. The standard InChI is InChI=1S/C18H28N2O3/c1-2-10-20(11-12-21)17(22)19-15-18(8-13-23-14-9-18)16-6-4-3-5-7-16/h3-7,21H,2,8-15H2,1H3,(H,19,22). The van der Waals surface area contributed by atoms with E-state index in [0.717, 1.165) is 32.5 Å². The number of hydrogen-bond donors (Lipinski definition) is 2. The Balaban J connectivity index is 2.05. The van der Waals surface area contributed by atoms with E-state index in [0.29, 0.717) is 19.6 Å². The Morgan fingerprint density at radius 2 is 1.96 bits per heavy atom. The number of carbonyl (C=O) groups is 1. The van der Waals surface area contributed by atoms with Crippen molar-refractivity contribution in [2.75, 3.05) is 39.5 Å². The van der Waals surface area contributed by atoms with Gasteiger partial charge in [0.05, 0.1) is 6.61 Å². The summed E-state index contributed by atoms with van der Waals surface area (Å²) < 4.78 is 5.52. The van der Waals surface area contributed by atoms with E-state index in [2.05, 4.69) is 17.4 Å². The predicted molar refractivity (Wildman–Crippen MR) is 90.5 cm³/mol. The van der Waals surface area contributed by atoms with Crippen molar-refractivity contribution in [1.82, 2.24) is 10.2 Å². The molecule has 23 heavy (non-hydrogen) atoms. The lowest BCUT2D eigenvalue weighted by atomic mass is 9.74. The molecule has 2 amide bonds. The number of benzene rings is 1. The van der Waals surface area contributed by atoms with Gasteiger partial charge in [-0.15, -0.1) is 0 Å². The number of ether oxygens (including phenoxy) is 1. The molecular weight excluding hydrogens is 292 g/mol. The Morgan fingerprint density at radius 1 is 1.26 bits per heavy atom. The zero-order chi connectivity index (χ0) is 16.5. The molecule has 1 aromatic rings. The average Bonchev–Trinajstić information content (AvgIpc) is 2.61. The fourth-order valence-electron chi connectivity index (χ4n) is 3.18. The van der Waals surface area contributed by atoms with Gasteiger partial charge in [-0.25, -0.2) is 4.79 Å². The third-order valence-electron chi connectivity index (χ3n) is 4.56. The Kier molecular flexibility index (Phi) is 6.86. The van der Waals surface area contributed by atoms with E-state index in [1.54, 1.807) is 4.90 Å². The van der Waals surface area contributed by atoms with Crippen LogP contribution >= 0.6 is 0 Å². The van der Waals surface area contributed by atoms with Crippen molar-refractivity contribution in [3.63, 3.8) is 0 Å². The summed E-state index contributed by atoms with van der Waals surface area (Å²) in [6.45, 7) is 5.10. The molecule has 0 aliphatic carbocycles. The van der Waals surface area contributed by atoms with Gasteiger partial charge in [0.1, 0.15) is 0 Å². The van der Waals surface area contributed by atoms with Crippen LogP contribution < -0.4 is 5.32 Å². The van der Waals surface area contributed by atoms with Crippen LogP contribution in [0.4, 0.5) is 4.79 Å². The number of carbonyl (C=O) groups excluding carboxylic acids is 1. The summed E-state index contributed by atoms with van der Waals surface area (Å²) in [5.74, 6) is 0. The van der Waals surface area contributed by atoms with Crippen LogP contribution in [0, 0.1) is 0 Å². The summed E-state index contributed by atoms with van der Waals surface area (Å²) in [5, 5.41) is 12.2. The normalized spacial score (nSPS) is 16.8. The van der Waals surface area contributed by atoms with Crippen LogP contribution in [0.25, 0.3) is 0 Å². The minimum atomic E-state index is -0.0947. The molecule has 2 N–H and O–H groups in total. The quantitative estimate of drug-likeness (QED) is 0.809. The van der Waals surface area contributed by atoms with Crippen LogP contribution in [0.1, 0.15) is 31.7 Å². The smallest absolute Gasteiger partial charge is 0.317 e.